The van der Waals surface area contributed by atoms with Crippen LogP contribution in [0.5, 0.6) is 5.75 Å². The van der Waals surface area contributed by atoms with Crippen LogP contribution in [0.2, 0.25) is 0 Å². The van der Waals surface area contributed by atoms with E-state index in [2.05, 4.69) is 34.3 Å². The summed E-state index contributed by atoms with van der Waals surface area (Å²) in [6, 6.07) is 7.90. The Balaban J connectivity index is 1.50. The molecule has 2 N–H and O–H groups in total. The molecule has 1 amide bonds. The van der Waals surface area contributed by atoms with Gasteiger partial charge in [0.05, 0.1) is 13.3 Å². The van der Waals surface area contributed by atoms with Crippen molar-refractivity contribution < 1.29 is 9.53 Å². The minimum absolute atomic E-state index is 0.0350. The monoisotopic (exact) mass is 523 g/mol. The van der Waals surface area contributed by atoms with Gasteiger partial charge < -0.3 is 30.1 Å². The predicted molar refractivity (Wildman–Crippen MR) is 154 cm³/mol. The zero-order valence-electron chi connectivity index (χ0n) is 23.4. The van der Waals surface area contributed by atoms with E-state index in [1.807, 2.05) is 29.2 Å². The van der Waals surface area contributed by atoms with Crippen LogP contribution in [-0.4, -0.2) is 78.3 Å². The third-order valence-corrected chi connectivity index (χ3v) is 7.40. The second-order valence-electron chi connectivity index (χ2n) is 10.3. The van der Waals surface area contributed by atoms with E-state index in [0.717, 1.165) is 75.5 Å². The maximum Gasteiger partial charge on any atom is 0.274 e. The summed E-state index contributed by atoms with van der Waals surface area (Å²) in [6.45, 7) is 10.1. The first kappa shape index (κ1) is 28.0. The molecule has 0 aliphatic carbocycles. The Morgan fingerprint density at radius 3 is 2.42 bits per heavy atom. The second-order valence-corrected chi connectivity index (χ2v) is 10.3. The van der Waals surface area contributed by atoms with Crippen LogP contribution in [0.4, 0.5) is 17.3 Å². The fraction of sp³-hybridized carbons (Fsp3) is 0.621. The number of nitrogens with zero attached hydrogens (tertiary/aromatic N) is 5. The average Bonchev–Trinajstić information content (AvgIpc) is 3.29. The summed E-state index contributed by atoms with van der Waals surface area (Å²) in [5.41, 5.74) is 1.38. The molecule has 3 heterocycles. The fourth-order valence-corrected chi connectivity index (χ4v) is 5.14. The molecule has 1 saturated heterocycles. The van der Waals surface area contributed by atoms with Crippen molar-refractivity contribution in [1.29, 1.82) is 0 Å². The van der Waals surface area contributed by atoms with E-state index in [4.69, 9.17) is 14.7 Å². The largest absolute Gasteiger partial charge is 0.497 e. The quantitative estimate of drug-likeness (QED) is 0.357. The number of hydrogen-bond donors (Lipinski definition) is 2. The van der Waals surface area contributed by atoms with Crippen molar-refractivity contribution in [3.05, 3.63) is 36.2 Å². The molecule has 1 atom stereocenters. The summed E-state index contributed by atoms with van der Waals surface area (Å²) in [7, 11) is 1.67. The maximum atomic E-state index is 13.4. The van der Waals surface area contributed by atoms with E-state index in [0.29, 0.717) is 11.5 Å². The van der Waals surface area contributed by atoms with Gasteiger partial charge in [0, 0.05) is 25.3 Å². The number of methoxy groups -OCH3 is 1. The zero-order chi connectivity index (χ0) is 26.7. The molecule has 9 nitrogen and oxygen atoms in total. The molecule has 1 fully saturated rings. The number of nitrogens with one attached hydrogen (secondary N) is 2. The van der Waals surface area contributed by atoms with Crippen LogP contribution < -0.4 is 20.3 Å². The number of ether oxygens (including phenoxy) is 1. The molecule has 9 heteroatoms. The molecular weight excluding hydrogens is 478 g/mol. The Morgan fingerprint density at radius 2 is 1.76 bits per heavy atom. The standard InChI is InChI=1S/C29H45N7O2/c1-4-6-19-35(20-7-5-2)28(37)25-22-30-27-26(32-25)33-29(31-23-12-14-24(38-3)15-13-23)36(27)21-11-18-34-16-9-8-10-17-34/h12-15,22,29,31H,4-11,16-21H2,1-3H3,(H,32,33). The number of hydrogen-bond acceptors (Lipinski definition) is 8. The molecule has 1 unspecified atom stereocenters. The van der Waals surface area contributed by atoms with Crippen LogP contribution in [0, 0.1) is 0 Å². The van der Waals surface area contributed by atoms with E-state index in [1.165, 1.54) is 32.4 Å². The number of amides is 1. The number of benzene rings is 1. The first-order chi connectivity index (χ1) is 18.6. The molecule has 0 radical (unpaired) electrons. The van der Waals surface area contributed by atoms with Gasteiger partial charge in [-0.1, -0.05) is 33.1 Å². The molecule has 38 heavy (non-hydrogen) atoms. The Morgan fingerprint density at radius 1 is 1.05 bits per heavy atom. The first-order valence-electron chi connectivity index (χ1n) is 14.4. The number of carbonyl (C=O) groups excluding carboxylic acids is 1. The summed E-state index contributed by atoms with van der Waals surface area (Å²) in [5.74, 6) is 2.23. The number of anilines is 3. The SMILES string of the molecule is CCCCN(CCCC)C(=O)c1cnc2c(n1)NC(Nc1ccc(OC)cc1)N2CCCN1CCCCC1. The van der Waals surface area contributed by atoms with Gasteiger partial charge in [-0.25, -0.2) is 9.97 Å². The lowest BCUT2D eigenvalue weighted by Crippen LogP contribution is -2.43. The number of aromatic nitrogens is 2. The van der Waals surface area contributed by atoms with Gasteiger partial charge in [0.2, 0.25) is 0 Å². The van der Waals surface area contributed by atoms with Crippen molar-refractivity contribution in [2.24, 2.45) is 0 Å². The Bertz CT molecular complexity index is 1000. The van der Waals surface area contributed by atoms with Crippen molar-refractivity contribution >= 4 is 23.2 Å². The van der Waals surface area contributed by atoms with Gasteiger partial charge in [0.15, 0.2) is 17.9 Å². The Kier molecular flexibility index (Phi) is 10.4. The average molecular weight is 524 g/mol. The fourth-order valence-electron chi connectivity index (χ4n) is 5.14. The van der Waals surface area contributed by atoms with Gasteiger partial charge in [0.1, 0.15) is 11.4 Å². The van der Waals surface area contributed by atoms with Crippen molar-refractivity contribution in [3.8, 4) is 5.75 Å². The summed E-state index contributed by atoms with van der Waals surface area (Å²) in [5, 5.41) is 7.07. The van der Waals surface area contributed by atoms with Crippen LogP contribution in [-0.2, 0) is 0 Å². The second kappa shape index (κ2) is 14.2. The lowest BCUT2D eigenvalue weighted by molar-refractivity contribution is 0.0745. The van der Waals surface area contributed by atoms with Crippen LogP contribution in [0.1, 0.15) is 75.7 Å². The number of fused-ring (bicyclic) bond motifs is 1. The van der Waals surface area contributed by atoms with Gasteiger partial charge in [-0.3, -0.25) is 4.79 Å². The summed E-state index contributed by atoms with van der Waals surface area (Å²) < 4.78 is 5.31. The van der Waals surface area contributed by atoms with E-state index < -0.39 is 0 Å². The molecule has 0 bridgehead atoms. The van der Waals surface area contributed by atoms with E-state index in [1.54, 1.807) is 13.3 Å². The molecule has 208 valence electrons. The molecular formula is C29H45N7O2. The highest BCUT2D eigenvalue weighted by molar-refractivity contribution is 5.93. The third kappa shape index (κ3) is 7.28. The topological polar surface area (TPSA) is 85.9 Å². The molecule has 2 aliphatic heterocycles. The molecule has 2 aliphatic rings. The van der Waals surface area contributed by atoms with Gasteiger partial charge in [-0.2, -0.15) is 0 Å². The van der Waals surface area contributed by atoms with Gasteiger partial charge in [-0.15, -0.1) is 0 Å². The molecule has 1 aromatic heterocycles. The highest BCUT2D eigenvalue weighted by atomic mass is 16.5. The lowest BCUT2D eigenvalue weighted by atomic mass is 10.1. The van der Waals surface area contributed by atoms with Crippen molar-refractivity contribution in [3.63, 3.8) is 0 Å². The smallest absolute Gasteiger partial charge is 0.274 e. The number of unbranched alkanes of at least 4 members (excludes halogenated alkanes) is 2. The van der Waals surface area contributed by atoms with Crippen molar-refractivity contribution in [2.45, 2.75) is 71.5 Å². The lowest BCUT2D eigenvalue weighted by Gasteiger charge is -2.30. The van der Waals surface area contributed by atoms with E-state index in [-0.39, 0.29) is 12.2 Å². The highest BCUT2D eigenvalue weighted by Crippen LogP contribution is 2.32. The van der Waals surface area contributed by atoms with Crippen molar-refractivity contribution in [2.75, 3.05) is 61.9 Å². The minimum Gasteiger partial charge on any atom is -0.497 e. The number of piperidine rings is 1. The normalized spacial score (nSPS) is 17.1. The van der Waals surface area contributed by atoms with Crippen LogP contribution in [0.25, 0.3) is 0 Å². The van der Waals surface area contributed by atoms with Gasteiger partial charge >= 0.3 is 0 Å². The number of rotatable bonds is 14. The van der Waals surface area contributed by atoms with Gasteiger partial charge in [-0.05, 0) is 76.0 Å². The van der Waals surface area contributed by atoms with E-state index >= 15 is 0 Å². The summed E-state index contributed by atoms with van der Waals surface area (Å²) in [6.07, 6.45) is 10.5. The van der Waals surface area contributed by atoms with Crippen LogP contribution >= 0.6 is 0 Å². The third-order valence-electron chi connectivity index (χ3n) is 7.40. The highest BCUT2D eigenvalue weighted by Gasteiger charge is 2.32. The summed E-state index contributed by atoms with van der Waals surface area (Å²) in [4.78, 5) is 29.6. The molecule has 2 aromatic rings. The molecule has 4 rings (SSSR count). The Hall–Kier alpha value is -3.07. The molecule has 0 spiro atoms. The summed E-state index contributed by atoms with van der Waals surface area (Å²) >= 11 is 0. The van der Waals surface area contributed by atoms with Crippen molar-refractivity contribution in [1.82, 2.24) is 19.8 Å². The maximum absolute atomic E-state index is 13.4. The molecule has 1 aromatic carbocycles. The van der Waals surface area contributed by atoms with Crippen LogP contribution in [0.3, 0.4) is 0 Å². The number of likely N-dealkylation sites (tertiary alicyclic amines) is 1. The Labute approximate surface area is 228 Å². The van der Waals surface area contributed by atoms with Gasteiger partial charge in [0.25, 0.3) is 5.91 Å². The zero-order valence-corrected chi connectivity index (χ0v) is 23.4. The predicted octanol–water partition coefficient (Wildman–Crippen LogP) is 5.03. The first-order valence-corrected chi connectivity index (χ1v) is 14.4. The van der Waals surface area contributed by atoms with Crippen LogP contribution in [0.15, 0.2) is 30.5 Å². The molecule has 0 saturated carbocycles. The minimum atomic E-state index is -0.207. The number of carbonyl (C=O) groups is 1. The van der Waals surface area contributed by atoms with E-state index in [9.17, 15) is 4.79 Å².